The van der Waals surface area contributed by atoms with E-state index in [9.17, 15) is 13.2 Å². The molecule has 1 fully saturated rings. The van der Waals surface area contributed by atoms with Crippen LogP contribution in [0.4, 0.5) is 0 Å². The van der Waals surface area contributed by atoms with Crippen molar-refractivity contribution in [2.45, 2.75) is 31.7 Å². The molecule has 2 heterocycles. The summed E-state index contributed by atoms with van der Waals surface area (Å²) in [4.78, 5) is 12.6. The van der Waals surface area contributed by atoms with E-state index in [2.05, 4.69) is 10.4 Å². The van der Waals surface area contributed by atoms with E-state index in [-0.39, 0.29) is 23.5 Å². The molecule has 1 aromatic carbocycles. The SMILES string of the molecule is O=C(NC1CCS(=O)(=O)C1)c1nn(-c2ccccc2)c2c1CCC2. The van der Waals surface area contributed by atoms with Crippen molar-refractivity contribution in [1.29, 1.82) is 0 Å². The summed E-state index contributed by atoms with van der Waals surface area (Å²) in [5.41, 5.74) is 3.47. The predicted octanol–water partition coefficient (Wildman–Crippen LogP) is 1.28. The van der Waals surface area contributed by atoms with E-state index in [1.54, 1.807) is 0 Å². The Morgan fingerprint density at radius 3 is 2.71 bits per heavy atom. The summed E-state index contributed by atoms with van der Waals surface area (Å²) in [6.45, 7) is 0. The van der Waals surface area contributed by atoms with E-state index in [0.29, 0.717) is 12.1 Å². The minimum atomic E-state index is -3.01. The third-order valence-corrected chi connectivity index (χ3v) is 6.48. The van der Waals surface area contributed by atoms with Crippen molar-refractivity contribution in [3.05, 3.63) is 47.3 Å². The van der Waals surface area contributed by atoms with Crippen molar-refractivity contribution in [2.75, 3.05) is 11.5 Å². The first-order chi connectivity index (χ1) is 11.5. The highest BCUT2D eigenvalue weighted by molar-refractivity contribution is 7.91. The zero-order chi connectivity index (χ0) is 16.7. The number of aromatic nitrogens is 2. The van der Waals surface area contributed by atoms with Crippen molar-refractivity contribution in [2.24, 2.45) is 0 Å². The normalized spacial score (nSPS) is 21.6. The number of hydrogen-bond donors (Lipinski definition) is 1. The van der Waals surface area contributed by atoms with Gasteiger partial charge in [-0.15, -0.1) is 0 Å². The fourth-order valence-electron chi connectivity index (χ4n) is 3.57. The Morgan fingerprint density at radius 1 is 1.21 bits per heavy atom. The number of nitrogens with one attached hydrogen (secondary N) is 1. The molecule has 1 N–H and O–H groups in total. The monoisotopic (exact) mass is 345 g/mol. The van der Waals surface area contributed by atoms with Crippen molar-refractivity contribution in [1.82, 2.24) is 15.1 Å². The summed E-state index contributed by atoms with van der Waals surface area (Å²) >= 11 is 0. The number of nitrogens with zero attached hydrogens (tertiary/aromatic N) is 2. The van der Waals surface area contributed by atoms with Crippen molar-refractivity contribution < 1.29 is 13.2 Å². The number of amides is 1. The minimum Gasteiger partial charge on any atom is -0.347 e. The van der Waals surface area contributed by atoms with Crippen LogP contribution in [0.1, 0.15) is 34.6 Å². The van der Waals surface area contributed by atoms with Crippen LogP contribution in [-0.4, -0.2) is 41.7 Å². The van der Waals surface area contributed by atoms with Gasteiger partial charge < -0.3 is 5.32 Å². The molecule has 1 atom stereocenters. The number of carbonyl (C=O) groups is 1. The smallest absolute Gasteiger partial charge is 0.272 e. The topological polar surface area (TPSA) is 81.1 Å². The molecular weight excluding hydrogens is 326 g/mol. The highest BCUT2D eigenvalue weighted by Gasteiger charge is 2.32. The average molecular weight is 345 g/mol. The van der Waals surface area contributed by atoms with E-state index in [1.165, 1.54) is 0 Å². The van der Waals surface area contributed by atoms with E-state index >= 15 is 0 Å². The van der Waals surface area contributed by atoms with Crippen LogP contribution in [0.25, 0.3) is 5.69 Å². The Labute approximate surface area is 140 Å². The van der Waals surface area contributed by atoms with E-state index in [1.807, 2.05) is 35.0 Å². The van der Waals surface area contributed by atoms with Crippen molar-refractivity contribution >= 4 is 15.7 Å². The van der Waals surface area contributed by atoms with Gasteiger partial charge in [0.15, 0.2) is 15.5 Å². The van der Waals surface area contributed by atoms with Crippen LogP contribution < -0.4 is 5.32 Å². The first-order valence-corrected chi connectivity index (χ1v) is 10.0. The molecule has 1 aromatic heterocycles. The minimum absolute atomic E-state index is 0.0281. The van der Waals surface area contributed by atoms with Gasteiger partial charge in [-0.3, -0.25) is 4.79 Å². The number of para-hydroxylation sites is 1. The maximum Gasteiger partial charge on any atom is 0.272 e. The first kappa shape index (κ1) is 15.4. The number of hydrogen-bond acceptors (Lipinski definition) is 4. The molecule has 0 spiro atoms. The predicted molar refractivity (Wildman–Crippen MR) is 90.1 cm³/mol. The second-order valence-electron chi connectivity index (χ2n) is 6.45. The number of benzene rings is 1. The lowest BCUT2D eigenvalue weighted by Gasteiger charge is -2.10. The second kappa shape index (κ2) is 5.73. The van der Waals surface area contributed by atoms with Crippen LogP contribution >= 0.6 is 0 Å². The van der Waals surface area contributed by atoms with Crippen molar-refractivity contribution in [3.63, 3.8) is 0 Å². The highest BCUT2D eigenvalue weighted by Crippen LogP contribution is 2.28. The van der Waals surface area contributed by atoms with Gasteiger partial charge in [0.2, 0.25) is 0 Å². The molecule has 1 amide bonds. The third kappa shape index (κ3) is 2.73. The van der Waals surface area contributed by atoms with Gasteiger partial charge >= 0.3 is 0 Å². The Kier molecular flexibility index (Phi) is 3.68. The molecule has 2 aromatic rings. The van der Waals surface area contributed by atoms with Gasteiger partial charge in [0.05, 0.1) is 17.2 Å². The lowest BCUT2D eigenvalue weighted by atomic mass is 10.1. The zero-order valence-corrected chi connectivity index (χ0v) is 14.1. The Bertz CT molecular complexity index is 887. The number of fused-ring (bicyclic) bond motifs is 1. The summed E-state index contributed by atoms with van der Waals surface area (Å²) in [5, 5.41) is 7.39. The van der Waals surface area contributed by atoms with Crippen LogP contribution in [0.3, 0.4) is 0 Å². The molecule has 1 aliphatic carbocycles. The highest BCUT2D eigenvalue weighted by atomic mass is 32.2. The molecular formula is C17H19N3O3S. The lowest BCUT2D eigenvalue weighted by Crippen LogP contribution is -2.36. The molecule has 1 saturated heterocycles. The molecule has 2 aliphatic rings. The Morgan fingerprint density at radius 2 is 2.00 bits per heavy atom. The molecule has 7 heteroatoms. The van der Waals surface area contributed by atoms with Crippen LogP contribution in [0.2, 0.25) is 0 Å². The summed E-state index contributed by atoms with van der Waals surface area (Å²) in [7, 11) is -3.01. The average Bonchev–Trinajstić information content (AvgIpc) is 3.23. The molecule has 0 bridgehead atoms. The maximum atomic E-state index is 12.6. The summed E-state index contributed by atoms with van der Waals surface area (Å²) in [6, 6.07) is 9.47. The van der Waals surface area contributed by atoms with E-state index in [4.69, 9.17) is 0 Å². The number of carbonyl (C=O) groups excluding carboxylic acids is 1. The Balaban J connectivity index is 1.63. The number of sulfone groups is 1. The molecule has 1 aliphatic heterocycles. The third-order valence-electron chi connectivity index (χ3n) is 4.71. The van der Waals surface area contributed by atoms with Crippen LogP contribution in [0, 0.1) is 0 Å². The standard InChI is InChI=1S/C17H19N3O3S/c21-17(18-12-9-10-24(22,23)11-12)16-14-7-4-8-15(14)20(19-16)13-5-2-1-3-6-13/h1-3,5-6,12H,4,7-11H2,(H,18,21). The van der Waals surface area contributed by atoms with E-state index in [0.717, 1.165) is 36.2 Å². The molecule has 1 unspecified atom stereocenters. The van der Waals surface area contributed by atoms with Crippen LogP contribution in [-0.2, 0) is 22.7 Å². The van der Waals surface area contributed by atoms with Gasteiger partial charge in [0.1, 0.15) is 0 Å². The van der Waals surface area contributed by atoms with Crippen LogP contribution in [0.5, 0.6) is 0 Å². The van der Waals surface area contributed by atoms with Gasteiger partial charge in [0.25, 0.3) is 5.91 Å². The van der Waals surface area contributed by atoms with Crippen molar-refractivity contribution in [3.8, 4) is 5.69 Å². The Hall–Kier alpha value is -2.15. The van der Waals surface area contributed by atoms with Gasteiger partial charge in [-0.2, -0.15) is 5.10 Å². The second-order valence-corrected chi connectivity index (χ2v) is 8.68. The molecule has 0 radical (unpaired) electrons. The summed E-state index contributed by atoms with van der Waals surface area (Å²) in [6.07, 6.45) is 3.24. The molecule has 126 valence electrons. The largest absolute Gasteiger partial charge is 0.347 e. The van der Waals surface area contributed by atoms with Gasteiger partial charge in [-0.1, -0.05) is 18.2 Å². The molecule has 24 heavy (non-hydrogen) atoms. The van der Waals surface area contributed by atoms with E-state index < -0.39 is 9.84 Å². The molecule has 0 saturated carbocycles. The first-order valence-electron chi connectivity index (χ1n) is 8.21. The lowest BCUT2D eigenvalue weighted by molar-refractivity contribution is 0.0934. The van der Waals surface area contributed by atoms with Crippen LogP contribution in [0.15, 0.2) is 30.3 Å². The zero-order valence-electron chi connectivity index (χ0n) is 13.2. The van der Waals surface area contributed by atoms with Gasteiger partial charge in [0, 0.05) is 17.3 Å². The summed E-state index contributed by atoms with van der Waals surface area (Å²) in [5.74, 6) is -0.0839. The fourth-order valence-corrected chi connectivity index (χ4v) is 5.24. The molecule has 4 rings (SSSR count). The van der Waals surface area contributed by atoms with Gasteiger partial charge in [-0.05, 0) is 37.8 Å². The fraction of sp³-hybridized carbons (Fsp3) is 0.412. The molecule has 6 nitrogen and oxygen atoms in total. The van der Waals surface area contributed by atoms with Gasteiger partial charge in [-0.25, -0.2) is 13.1 Å². The number of rotatable bonds is 3. The quantitative estimate of drug-likeness (QED) is 0.909. The summed E-state index contributed by atoms with van der Waals surface area (Å²) < 4.78 is 25.0. The maximum absolute atomic E-state index is 12.6.